The lowest BCUT2D eigenvalue weighted by Crippen LogP contribution is -2.52. The number of aromatic nitrogens is 1. The van der Waals surface area contributed by atoms with Crippen LogP contribution < -0.4 is 10.2 Å². The van der Waals surface area contributed by atoms with E-state index in [0.717, 1.165) is 42.4 Å². The number of nitrogens with one attached hydrogen (secondary N) is 2. The van der Waals surface area contributed by atoms with Gasteiger partial charge >= 0.3 is 6.03 Å². The minimum absolute atomic E-state index is 0.0625. The first-order valence-corrected chi connectivity index (χ1v) is 7.16. The number of carbonyl (C=O) groups is 1. The summed E-state index contributed by atoms with van der Waals surface area (Å²) in [5, 5.41) is 4.82. The van der Waals surface area contributed by atoms with Gasteiger partial charge < -0.3 is 20.1 Å². The van der Waals surface area contributed by atoms with Crippen LogP contribution in [0.3, 0.4) is 0 Å². The lowest BCUT2D eigenvalue weighted by Gasteiger charge is -2.38. The maximum absolute atomic E-state index is 11.6. The van der Waals surface area contributed by atoms with Crippen molar-refractivity contribution in [2.24, 2.45) is 0 Å². The van der Waals surface area contributed by atoms with Crippen molar-refractivity contribution in [1.29, 1.82) is 0 Å². The molecule has 0 spiro atoms. The normalized spacial score (nSPS) is 22.2. The van der Waals surface area contributed by atoms with Gasteiger partial charge in [0.25, 0.3) is 0 Å². The van der Waals surface area contributed by atoms with Crippen LogP contribution in [0.15, 0.2) is 24.4 Å². The molecule has 2 amide bonds. The Morgan fingerprint density at radius 3 is 3.10 bits per heavy atom. The number of amides is 2. The van der Waals surface area contributed by atoms with E-state index in [9.17, 15) is 4.79 Å². The highest BCUT2D eigenvalue weighted by Crippen LogP contribution is 2.32. The molecule has 2 aromatic rings. The number of hydrogen-bond donors (Lipinski definition) is 2. The molecular formula is C14H15ClN4O. The van der Waals surface area contributed by atoms with E-state index in [1.165, 1.54) is 5.39 Å². The van der Waals surface area contributed by atoms with E-state index in [1.54, 1.807) is 0 Å². The molecule has 3 heterocycles. The number of nitrogens with zero attached hydrogens (tertiary/aromatic N) is 2. The number of H-pyrrole nitrogens is 1. The van der Waals surface area contributed by atoms with Gasteiger partial charge in [0.2, 0.25) is 0 Å². The minimum Gasteiger partial charge on any atom is -0.367 e. The first-order valence-electron chi connectivity index (χ1n) is 6.78. The maximum Gasteiger partial charge on any atom is 0.317 e. The Hall–Kier alpha value is -1.88. The molecule has 6 heteroatoms. The van der Waals surface area contributed by atoms with Crippen molar-refractivity contribution in [3.05, 3.63) is 29.4 Å². The third kappa shape index (κ3) is 1.73. The van der Waals surface area contributed by atoms with Gasteiger partial charge in [-0.15, -0.1) is 0 Å². The van der Waals surface area contributed by atoms with Crippen LogP contribution in [-0.4, -0.2) is 48.1 Å². The van der Waals surface area contributed by atoms with Crippen LogP contribution in [0.5, 0.6) is 0 Å². The lowest BCUT2D eigenvalue weighted by atomic mass is 10.1. The molecule has 2 aliphatic heterocycles. The summed E-state index contributed by atoms with van der Waals surface area (Å²) in [4.78, 5) is 19.1. The Balaban J connectivity index is 1.70. The van der Waals surface area contributed by atoms with Gasteiger partial charge in [-0.1, -0.05) is 11.6 Å². The Morgan fingerprint density at radius 2 is 2.20 bits per heavy atom. The van der Waals surface area contributed by atoms with Crippen molar-refractivity contribution in [3.63, 3.8) is 0 Å². The summed E-state index contributed by atoms with van der Waals surface area (Å²) in [6, 6.07) is 6.34. The van der Waals surface area contributed by atoms with Crippen LogP contribution in [0.2, 0.25) is 5.02 Å². The van der Waals surface area contributed by atoms with Crippen LogP contribution in [-0.2, 0) is 0 Å². The van der Waals surface area contributed by atoms with E-state index in [1.807, 2.05) is 23.2 Å². The smallest absolute Gasteiger partial charge is 0.317 e. The molecule has 0 saturated carbocycles. The van der Waals surface area contributed by atoms with Crippen molar-refractivity contribution in [3.8, 4) is 0 Å². The first kappa shape index (κ1) is 11.9. The number of aromatic amines is 1. The van der Waals surface area contributed by atoms with Gasteiger partial charge in [-0.25, -0.2) is 4.79 Å². The van der Waals surface area contributed by atoms with Gasteiger partial charge in [0.15, 0.2) is 0 Å². The second-order valence-electron chi connectivity index (χ2n) is 5.34. The van der Waals surface area contributed by atoms with Crippen LogP contribution >= 0.6 is 11.6 Å². The van der Waals surface area contributed by atoms with Crippen molar-refractivity contribution in [2.45, 2.75) is 6.04 Å². The molecule has 0 aliphatic carbocycles. The lowest BCUT2D eigenvalue weighted by molar-refractivity contribution is 0.198. The van der Waals surface area contributed by atoms with Gasteiger partial charge in [0.1, 0.15) is 0 Å². The molecule has 0 radical (unpaired) electrons. The SMILES string of the molecule is O=C1NCC2CN(c3cc(Cl)cc4[nH]ccc34)CCN12. The largest absolute Gasteiger partial charge is 0.367 e. The van der Waals surface area contributed by atoms with Gasteiger partial charge in [0, 0.05) is 54.0 Å². The molecule has 0 bridgehead atoms. The number of fused-ring (bicyclic) bond motifs is 2. The van der Waals surface area contributed by atoms with Crippen LogP contribution in [0.4, 0.5) is 10.5 Å². The Morgan fingerprint density at radius 1 is 1.30 bits per heavy atom. The summed E-state index contributed by atoms with van der Waals surface area (Å²) >= 11 is 6.21. The second-order valence-corrected chi connectivity index (χ2v) is 5.78. The Kier molecular flexibility index (Phi) is 2.57. The molecule has 2 fully saturated rings. The summed E-state index contributed by atoms with van der Waals surface area (Å²) in [6.45, 7) is 3.17. The molecule has 2 aliphatic rings. The first-order chi connectivity index (χ1) is 9.72. The second kappa shape index (κ2) is 4.31. The highest BCUT2D eigenvalue weighted by Gasteiger charge is 2.35. The van der Waals surface area contributed by atoms with Crippen molar-refractivity contribution in [2.75, 3.05) is 31.1 Å². The average molecular weight is 291 g/mol. The monoisotopic (exact) mass is 290 g/mol. The van der Waals surface area contributed by atoms with Crippen LogP contribution in [0.25, 0.3) is 10.9 Å². The molecule has 104 valence electrons. The zero-order valence-electron chi connectivity index (χ0n) is 10.9. The predicted molar refractivity (Wildman–Crippen MR) is 79.4 cm³/mol. The zero-order valence-corrected chi connectivity index (χ0v) is 11.7. The molecule has 2 saturated heterocycles. The topological polar surface area (TPSA) is 51.4 Å². The highest BCUT2D eigenvalue weighted by molar-refractivity contribution is 6.31. The number of urea groups is 1. The quantitative estimate of drug-likeness (QED) is 0.844. The van der Waals surface area contributed by atoms with E-state index >= 15 is 0 Å². The number of carbonyl (C=O) groups excluding carboxylic acids is 1. The number of benzene rings is 1. The number of hydrogen-bond acceptors (Lipinski definition) is 2. The standard InChI is InChI=1S/C14H15ClN4O/c15-9-5-12-11(1-2-16-12)13(6-9)18-3-4-19-10(8-18)7-17-14(19)20/h1-2,5-6,10,16H,3-4,7-8H2,(H,17,20). The Labute approximate surface area is 121 Å². The third-order valence-corrected chi connectivity index (χ3v) is 4.40. The van der Waals surface area contributed by atoms with E-state index < -0.39 is 0 Å². The summed E-state index contributed by atoms with van der Waals surface area (Å²) in [5.74, 6) is 0. The van der Waals surface area contributed by atoms with E-state index in [4.69, 9.17) is 11.6 Å². The number of halogens is 1. The van der Waals surface area contributed by atoms with Crippen molar-refractivity contribution < 1.29 is 4.79 Å². The fourth-order valence-corrected chi connectivity index (χ4v) is 3.41. The number of piperazine rings is 1. The zero-order chi connectivity index (χ0) is 13.7. The summed E-state index contributed by atoms with van der Waals surface area (Å²) in [7, 11) is 0. The Bertz CT molecular complexity index is 683. The van der Waals surface area contributed by atoms with Gasteiger partial charge in [-0.2, -0.15) is 0 Å². The molecule has 1 unspecified atom stereocenters. The molecule has 2 N–H and O–H groups in total. The third-order valence-electron chi connectivity index (χ3n) is 4.18. The summed E-state index contributed by atoms with van der Waals surface area (Å²) in [6.07, 6.45) is 1.93. The molecule has 5 nitrogen and oxygen atoms in total. The minimum atomic E-state index is 0.0625. The van der Waals surface area contributed by atoms with Crippen LogP contribution in [0, 0.1) is 0 Å². The molecule has 1 aromatic heterocycles. The predicted octanol–water partition coefficient (Wildman–Crippen LogP) is 2.04. The molecule has 1 aromatic carbocycles. The average Bonchev–Trinajstić information content (AvgIpc) is 3.04. The van der Waals surface area contributed by atoms with Crippen molar-refractivity contribution in [1.82, 2.24) is 15.2 Å². The maximum atomic E-state index is 11.6. The highest BCUT2D eigenvalue weighted by atomic mass is 35.5. The van der Waals surface area contributed by atoms with E-state index in [2.05, 4.69) is 21.3 Å². The van der Waals surface area contributed by atoms with E-state index in [0.29, 0.717) is 0 Å². The van der Waals surface area contributed by atoms with Crippen LogP contribution in [0.1, 0.15) is 0 Å². The number of rotatable bonds is 1. The van der Waals surface area contributed by atoms with Gasteiger partial charge in [-0.3, -0.25) is 0 Å². The molecular weight excluding hydrogens is 276 g/mol. The molecule has 20 heavy (non-hydrogen) atoms. The fourth-order valence-electron chi connectivity index (χ4n) is 3.20. The number of anilines is 1. The van der Waals surface area contributed by atoms with Gasteiger partial charge in [0.05, 0.1) is 6.04 Å². The summed E-state index contributed by atoms with van der Waals surface area (Å²) < 4.78 is 0. The molecule has 1 atom stereocenters. The van der Waals surface area contributed by atoms with E-state index in [-0.39, 0.29) is 12.1 Å². The van der Waals surface area contributed by atoms with Crippen molar-refractivity contribution >= 4 is 34.2 Å². The summed E-state index contributed by atoms with van der Waals surface area (Å²) in [5.41, 5.74) is 2.20. The fraction of sp³-hybridized carbons (Fsp3) is 0.357. The van der Waals surface area contributed by atoms with Gasteiger partial charge in [-0.05, 0) is 18.2 Å². The molecule has 4 rings (SSSR count).